The van der Waals surface area contributed by atoms with Crippen LogP contribution in [-0.2, 0) is 17.9 Å². The third kappa shape index (κ3) is 6.73. The zero-order valence-corrected chi connectivity index (χ0v) is 25.5. The first-order valence-corrected chi connectivity index (χ1v) is 15.1. The van der Waals surface area contributed by atoms with Gasteiger partial charge in [-0.1, -0.05) is 89.9 Å². The van der Waals surface area contributed by atoms with Gasteiger partial charge >= 0.3 is 0 Å². The minimum absolute atomic E-state index is 0.153. The van der Waals surface area contributed by atoms with Gasteiger partial charge < -0.3 is 9.47 Å². The van der Waals surface area contributed by atoms with Gasteiger partial charge in [0, 0.05) is 0 Å². The van der Waals surface area contributed by atoms with Gasteiger partial charge in [-0.25, -0.2) is 4.99 Å². The van der Waals surface area contributed by atoms with Crippen LogP contribution < -0.4 is 9.47 Å². The third-order valence-electron chi connectivity index (χ3n) is 6.88. The fourth-order valence-corrected chi connectivity index (χ4v) is 6.30. The molecule has 1 aliphatic rings. The topological polar surface area (TPSA) is 51.1 Å². The molecule has 6 rings (SSSR count). The second kappa shape index (κ2) is 13.0. The molecule has 1 saturated heterocycles. The van der Waals surface area contributed by atoms with Crippen LogP contribution in [0.15, 0.2) is 119 Å². The Balaban J connectivity index is 1.24. The maximum absolute atomic E-state index is 13.7. The summed E-state index contributed by atoms with van der Waals surface area (Å²) >= 11 is 14.6. The number of fused-ring (bicyclic) bond motifs is 1. The highest BCUT2D eigenvalue weighted by atomic mass is 35.5. The molecule has 5 nitrogen and oxygen atoms in total. The van der Waals surface area contributed by atoms with Crippen molar-refractivity contribution >= 4 is 68.6 Å². The van der Waals surface area contributed by atoms with Gasteiger partial charge in [-0.3, -0.25) is 9.69 Å². The van der Waals surface area contributed by atoms with Crippen LogP contribution in [-0.4, -0.2) is 23.1 Å². The highest BCUT2D eigenvalue weighted by Crippen LogP contribution is 2.39. The van der Waals surface area contributed by atoms with Crippen LogP contribution >= 0.6 is 35.0 Å². The number of benzene rings is 5. The fraction of sp³-hybridized carbons (Fsp3) is 0.0857. The van der Waals surface area contributed by atoms with Gasteiger partial charge in [0.15, 0.2) is 10.9 Å². The van der Waals surface area contributed by atoms with E-state index in [1.54, 1.807) is 30.2 Å². The largest absolute Gasteiger partial charge is 0.497 e. The Morgan fingerprint density at radius 2 is 1.49 bits per heavy atom. The number of thioether (sulfide) groups is 1. The van der Waals surface area contributed by atoms with E-state index in [4.69, 9.17) is 37.7 Å². The SMILES string of the molecule is COc1ccc(CN2C(=O)/C(=C/c3cc(Cl)c(OCc4ccc5ccccc5c4)c(Cl)c3)SC2=Nc2ccccc2)cc1. The van der Waals surface area contributed by atoms with Crippen molar-refractivity contribution in [2.24, 2.45) is 4.99 Å². The predicted octanol–water partition coefficient (Wildman–Crippen LogP) is 9.54. The number of nitrogens with zero attached hydrogens (tertiary/aromatic N) is 2. The van der Waals surface area contributed by atoms with E-state index in [2.05, 4.69) is 24.3 Å². The Morgan fingerprint density at radius 1 is 0.814 bits per heavy atom. The lowest BCUT2D eigenvalue weighted by Crippen LogP contribution is -2.28. The van der Waals surface area contributed by atoms with Gasteiger partial charge in [0.2, 0.25) is 0 Å². The number of carbonyl (C=O) groups excluding carboxylic acids is 1. The van der Waals surface area contributed by atoms with E-state index in [1.807, 2.05) is 72.8 Å². The van der Waals surface area contributed by atoms with Crippen molar-refractivity contribution in [1.82, 2.24) is 4.90 Å². The molecule has 1 fully saturated rings. The molecule has 0 saturated carbocycles. The Kier molecular flexibility index (Phi) is 8.70. The van der Waals surface area contributed by atoms with Crippen molar-refractivity contribution in [1.29, 1.82) is 0 Å². The summed E-state index contributed by atoms with van der Waals surface area (Å²) in [6.07, 6.45) is 1.78. The molecule has 0 unspecified atom stereocenters. The Bertz CT molecular complexity index is 1830. The minimum atomic E-state index is -0.153. The van der Waals surface area contributed by atoms with Gasteiger partial charge in [-0.15, -0.1) is 0 Å². The van der Waals surface area contributed by atoms with Crippen LogP contribution in [0.3, 0.4) is 0 Å². The highest BCUT2D eigenvalue weighted by Gasteiger charge is 2.33. The molecule has 0 aliphatic carbocycles. The number of halogens is 2. The molecule has 214 valence electrons. The van der Waals surface area contributed by atoms with Gasteiger partial charge in [-0.05, 0) is 87.8 Å². The van der Waals surface area contributed by atoms with E-state index >= 15 is 0 Å². The number of amides is 1. The number of para-hydroxylation sites is 1. The van der Waals surface area contributed by atoms with Gasteiger partial charge in [0.05, 0.1) is 34.3 Å². The average molecular weight is 626 g/mol. The predicted molar refractivity (Wildman–Crippen MR) is 177 cm³/mol. The first kappa shape index (κ1) is 28.9. The molecule has 43 heavy (non-hydrogen) atoms. The summed E-state index contributed by atoms with van der Waals surface area (Å²) in [5, 5.41) is 3.62. The summed E-state index contributed by atoms with van der Waals surface area (Å²) in [7, 11) is 1.62. The first-order valence-electron chi connectivity index (χ1n) is 13.5. The smallest absolute Gasteiger partial charge is 0.267 e. The van der Waals surface area contributed by atoms with Gasteiger partial charge in [0.25, 0.3) is 5.91 Å². The maximum atomic E-state index is 13.7. The van der Waals surface area contributed by atoms with Gasteiger partial charge in [-0.2, -0.15) is 0 Å². The molecule has 1 heterocycles. The number of methoxy groups -OCH3 is 1. The van der Waals surface area contributed by atoms with Crippen LogP contribution in [0.25, 0.3) is 16.8 Å². The molecule has 0 spiro atoms. The standard InChI is InChI=1S/C35H26Cl2N2O3S/c1-41-29-15-12-23(13-16-29)21-39-34(40)32(43-35(39)38-28-9-3-2-4-10-28)20-25-18-30(36)33(31(37)19-25)42-22-24-11-14-26-7-5-6-8-27(26)17-24/h2-20H,21-22H2,1H3/b32-20-,38-35?. The second-order valence-corrected chi connectivity index (χ2v) is 11.7. The van der Waals surface area contributed by atoms with E-state index in [0.29, 0.717) is 44.6 Å². The molecular weight excluding hydrogens is 599 g/mol. The number of aliphatic imine (C=N–C) groups is 1. The van der Waals surface area contributed by atoms with Crippen molar-refractivity contribution in [3.63, 3.8) is 0 Å². The molecule has 5 aromatic rings. The molecule has 5 aromatic carbocycles. The molecule has 1 aliphatic heterocycles. The Morgan fingerprint density at radius 3 is 2.21 bits per heavy atom. The van der Waals surface area contributed by atoms with Crippen LogP contribution in [0.5, 0.6) is 11.5 Å². The lowest BCUT2D eigenvalue weighted by atomic mass is 10.1. The summed E-state index contributed by atoms with van der Waals surface area (Å²) in [5.41, 5.74) is 3.41. The van der Waals surface area contributed by atoms with Crippen LogP contribution in [0.4, 0.5) is 5.69 Å². The zero-order chi connectivity index (χ0) is 29.8. The van der Waals surface area contributed by atoms with Crippen molar-refractivity contribution < 1.29 is 14.3 Å². The monoisotopic (exact) mass is 624 g/mol. The lowest BCUT2D eigenvalue weighted by Gasteiger charge is -2.16. The number of hydrogen-bond donors (Lipinski definition) is 0. The molecule has 8 heteroatoms. The van der Waals surface area contributed by atoms with Crippen LogP contribution in [0.1, 0.15) is 16.7 Å². The minimum Gasteiger partial charge on any atom is -0.497 e. The summed E-state index contributed by atoms with van der Waals surface area (Å²) in [6, 6.07) is 35.1. The zero-order valence-electron chi connectivity index (χ0n) is 23.2. The number of carbonyl (C=O) groups is 1. The fourth-order valence-electron chi connectivity index (χ4n) is 4.69. The van der Waals surface area contributed by atoms with Gasteiger partial charge in [0.1, 0.15) is 12.4 Å². The summed E-state index contributed by atoms with van der Waals surface area (Å²) in [5.74, 6) is 0.999. The number of ether oxygens (including phenoxy) is 2. The van der Waals surface area contributed by atoms with Crippen LogP contribution in [0, 0.1) is 0 Å². The van der Waals surface area contributed by atoms with E-state index in [0.717, 1.165) is 28.0 Å². The van der Waals surface area contributed by atoms with Crippen molar-refractivity contribution in [3.8, 4) is 11.5 Å². The lowest BCUT2D eigenvalue weighted by molar-refractivity contribution is -0.122. The summed E-state index contributed by atoms with van der Waals surface area (Å²) in [4.78, 5) is 20.6. The molecule has 0 atom stereocenters. The normalized spacial score (nSPS) is 15.0. The quantitative estimate of drug-likeness (QED) is 0.161. The molecule has 1 amide bonds. The Hall–Kier alpha value is -4.23. The summed E-state index contributed by atoms with van der Waals surface area (Å²) < 4.78 is 11.3. The van der Waals surface area contributed by atoms with E-state index < -0.39 is 0 Å². The first-order chi connectivity index (χ1) is 21.0. The highest BCUT2D eigenvalue weighted by molar-refractivity contribution is 8.18. The molecule has 0 aromatic heterocycles. The molecule has 0 radical (unpaired) electrons. The number of rotatable bonds is 8. The average Bonchev–Trinajstić information content (AvgIpc) is 3.30. The van der Waals surface area contributed by atoms with E-state index in [9.17, 15) is 4.79 Å². The molecule has 0 bridgehead atoms. The number of hydrogen-bond acceptors (Lipinski definition) is 5. The Labute approximate surface area is 264 Å². The molecule has 0 N–H and O–H groups in total. The van der Waals surface area contributed by atoms with E-state index in [1.165, 1.54) is 17.1 Å². The number of amidine groups is 1. The van der Waals surface area contributed by atoms with Crippen molar-refractivity contribution in [3.05, 3.63) is 141 Å². The summed E-state index contributed by atoms with van der Waals surface area (Å²) in [6.45, 7) is 0.681. The maximum Gasteiger partial charge on any atom is 0.267 e. The third-order valence-corrected chi connectivity index (χ3v) is 8.45. The molecular formula is C35H26Cl2N2O3S. The van der Waals surface area contributed by atoms with Crippen molar-refractivity contribution in [2.75, 3.05) is 7.11 Å². The van der Waals surface area contributed by atoms with Crippen LogP contribution in [0.2, 0.25) is 10.0 Å². The van der Waals surface area contributed by atoms with Crippen molar-refractivity contribution in [2.45, 2.75) is 13.2 Å². The van der Waals surface area contributed by atoms with E-state index in [-0.39, 0.29) is 5.91 Å². The second-order valence-electron chi connectivity index (χ2n) is 9.86.